The molecular weight excluding hydrogens is 456 g/mol. The van der Waals surface area contributed by atoms with Gasteiger partial charge in [0.15, 0.2) is 12.4 Å². The number of aromatic nitrogens is 1. The first-order valence-electron chi connectivity index (χ1n) is 11.5. The predicted molar refractivity (Wildman–Crippen MR) is 130 cm³/mol. The Bertz CT molecular complexity index is 1140. The number of amides is 1. The molecule has 0 atom stereocenters. The summed E-state index contributed by atoms with van der Waals surface area (Å²) in [5, 5.41) is 6.55. The summed E-state index contributed by atoms with van der Waals surface area (Å²) in [4.78, 5) is 24.3. The molecule has 2 saturated heterocycles. The Balaban J connectivity index is 1.36. The normalized spacial score (nSPS) is 17.5. The van der Waals surface area contributed by atoms with Crippen molar-refractivity contribution in [3.05, 3.63) is 48.2 Å². The Hall–Kier alpha value is -3.18. The maximum atomic E-state index is 12.7. The second-order valence-corrected chi connectivity index (χ2v) is 10.3. The molecule has 0 unspecified atom stereocenters. The smallest absolute Gasteiger partial charge is 0.265 e. The number of piperidine rings is 1. The van der Waals surface area contributed by atoms with Crippen molar-refractivity contribution in [1.82, 2.24) is 9.29 Å². The maximum absolute atomic E-state index is 12.7. The van der Waals surface area contributed by atoms with Crippen LogP contribution in [0.2, 0.25) is 0 Å². The van der Waals surface area contributed by atoms with E-state index in [0.717, 1.165) is 44.6 Å². The van der Waals surface area contributed by atoms with Crippen molar-refractivity contribution >= 4 is 33.3 Å². The van der Waals surface area contributed by atoms with E-state index >= 15 is 0 Å². The van der Waals surface area contributed by atoms with Gasteiger partial charge in [-0.05, 0) is 62.4 Å². The summed E-state index contributed by atoms with van der Waals surface area (Å²) < 4.78 is 27.0. The van der Waals surface area contributed by atoms with Gasteiger partial charge in [0, 0.05) is 38.1 Å². The number of carbonyl (C=O) groups is 1. The fraction of sp³-hybridized carbons (Fsp3) is 0.435. The van der Waals surface area contributed by atoms with Crippen LogP contribution in [0, 0.1) is 0 Å². The van der Waals surface area contributed by atoms with E-state index in [1.54, 1.807) is 24.4 Å². The lowest BCUT2D eigenvalue weighted by Crippen LogP contribution is -2.32. The molecule has 1 aromatic carbocycles. The summed E-state index contributed by atoms with van der Waals surface area (Å²) >= 11 is 0. The zero-order valence-electron chi connectivity index (χ0n) is 19.0. The number of carbonyl (C=O) groups excluding carboxylic acids is 1. The molecule has 2 fully saturated rings. The van der Waals surface area contributed by atoms with Crippen LogP contribution in [0.5, 0.6) is 0 Å². The van der Waals surface area contributed by atoms with Crippen molar-refractivity contribution in [3.8, 4) is 0 Å². The standard InChI is InChI=1S/C23H30N6O4S/c24-22(20-10-7-11-25-23(20)28-12-2-1-3-13-28)27-33-17-21(30)26-18-8-6-9-19(16-18)34(31,32)29-14-4-5-15-29/h6-11,16H,1-5,12-15,17H2,(H2,24,27)(H,26,30). The number of nitrogens with two attached hydrogens (primary N) is 1. The van der Waals surface area contributed by atoms with Crippen LogP contribution in [0.15, 0.2) is 52.6 Å². The monoisotopic (exact) mass is 486 g/mol. The lowest BCUT2D eigenvalue weighted by atomic mass is 10.1. The Morgan fingerprint density at radius 2 is 1.79 bits per heavy atom. The molecule has 3 N–H and O–H groups in total. The minimum absolute atomic E-state index is 0.139. The molecule has 0 spiro atoms. The Kier molecular flexibility index (Phi) is 7.63. The Labute approximate surface area is 199 Å². The molecule has 182 valence electrons. The third kappa shape index (κ3) is 5.65. The summed E-state index contributed by atoms with van der Waals surface area (Å²) in [6.07, 6.45) is 6.83. The van der Waals surface area contributed by atoms with E-state index in [1.165, 1.54) is 22.9 Å². The molecule has 4 rings (SSSR count). The van der Waals surface area contributed by atoms with Crippen LogP contribution in [-0.4, -0.2) is 62.2 Å². The van der Waals surface area contributed by atoms with Crippen LogP contribution in [0.1, 0.15) is 37.7 Å². The van der Waals surface area contributed by atoms with Crippen molar-refractivity contribution in [2.24, 2.45) is 10.9 Å². The van der Waals surface area contributed by atoms with E-state index < -0.39 is 15.9 Å². The largest absolute Gasteiger partial charge is 0.384 e. The topological polar surface area (TPSA) is 130 Å². The molecular formula is C23H30N6O4S. The number of amidine groups is 1. The van der Waals surface area contributed by atoms with Gasteiger partial charge in [-0.15, -0.1) is 0 Å². The number of benzene rings is 1. The van der Waals surface area contributed by atoms with Gasteiger partial charge in [-0.25, -0.2) is 13.4 Å². The average Bonchev–Trinajstić information content (AvgIpc) is 3.41. The van der Waals surface area contributed by atoms with E-state index in [9.17, 15) is 13.2 Å². The van der Waals surface area contributed by atoms with E-state index in [4.69, 9.17) is 10.6 Å². The molecule has 0 radical (unpaired) electrons. The lowest BCUT2D eigenvalue weighted by Gasteiger charge is -2.29. The summed E-state index contributed by atoms with van der Waals surface area (Å²) in [6.45, 7) is 2.48. The summed E-state index contributed by atoms with van der Waals surface area (Å²) in [6, 6.07) is 9.80. The number of pyridine rings is 1. The maximum Gasteiger partial charge on any atom is 0.265 e. The van der Waals surface area contributed by atoms with Gasteiger partial charge in [-0.1, -0.05) is 11.2 Å². The van der Waals surface area contributed by atoms with E-state index in [2.05, 4.69) is 20.4 Å². The van der Waals surface area contributed by atoms with Crippen molar-refractivity contribution in [3.63, 3.8) is 0 Å². The molecule has 1 aromatic heterocycles. The highest BCUT2D eigenvalue weighted by molar-refractivity contribution is 7.89. The second-order valence-electron chi connectivity index (χ2n) is 8.36. The Morgan fingerprint density at radius 3 is 2.56 bits per heavy atom. The molecule has 2 aliphatic rings. The molecule has 11 heteroatoms. The minimum Gasteiger partial charge on any atom is -0.384 e. The second kappa shape index (κ2) is 10.8. The zero-order valence-corrected chi connectivity index (χ0v) is 19.8. The van der Waals surface area contributed by atoms with Crippen molar-refractivity contribution in [2.45, 2.75) is 37.0 Å². The van der Waals surface area contributed by atoms with Crippen LogP contribution >= 0.6 is 0 Å². The number of rotatable bonds is 8. The molecule has 0 aliphatic carbocycles. The highest BCUT2D eigenvalue weighted by Crippen LogP contribution is 2.23. The van der Waals surface area contributed by atoms with Gasteiger partial charge in [0.1, 0.15) is 5.82 Å². The fourth-order valence-corrected chi connectivity index (χ4v) is 5.74. The number of nitrogens with one attached hydrogen (secondary N) is 1. The van der Waals surface area contributed by atoms with Crippen LogP contribution in [0.25, 0.3) is 0 Å². The quantitative estimate of drug-likeness (QED) is 0.332. The summed E-state index contributed by atoms with van der Waals surface area (Å²) in [7, 11) is -3.57. The van der Waals surface area contributed by atoms with Crippen LogP contribution in [-0.2, 0) is 19.7 Å². The van der Waals surface area contributed by atoms with E-state index in [-0.39, 0.29) is 17.3 Å². The SMILES string of the molecule is N/C(=N/OCC(=O)Nc1cccc(S(=O)(=O)N2CCCC2)c1)c1cccnc1N1CCCCC1. The van der Waals surface area contributed by atoms with Gasteiger partial charge < -0.3 is 20.8 Å². The van der Waals surface area contributed by atoms with Crippen LogP contribution in [0.4, 0.5) is 11.5 Å². The van der Waals surface area contributed by atoms with Gasteiger partial charge >= 0.3 is 0 Å². The number of hydrogen-bond donors (Lipinski definition) is 2. The lowest BCUT2D eigenvalue weighted by molar-refractivity contribution is -0.120. The van der Waals surface area contributed by atoms with Crippen LogP contribution in [0.3, 0.4) is 0 Å². The number of anilines is 2. The average molecular weight is 487 g/mol. The molecule has 1 amide bonds. The van der Waals surface area contributed by atoms with Gasteiger partial charge in [0.2, 0.25) is 10.0 Å². The van der Waals surface area contributed by atoms with Crippen molar-refractivity contribution < 1.29 is 18.0 Å². The molecule has 2 aliphatic heterocycles. The number of oxime groups is 1. The van der Waals surface area contributed by atoms with E-state index in [0.29, 0.717) is 24.3 Å². The first kappa shape index (κ1) is 24.0. The third-order valence-corrected chi connectivity index (χ3v) is 7.79. The van der Waals surface area contributed by atoms with E-state index in [1.807, 2.05) is 6.07 Å². The van der Waals surface area contributed by atoms with Crippen molar-refractivity contribution in [1.29, 1.82) is 0 Å². The summed E-state index contributed by atoms with van der Waals surface area (Å²) in [5.41, 5.74) is 7.15. The highest BCUT2D eigenvalue weighted by Gasteiger charge is 2.27. The van der Waals surface area contributed by atoms with Crippen LogP contribution < -0.4 is 16.0 Å². The van der Waals surface area contributed by atoms with Gasteiger partial charge in [-0.3, -0.25) is 4.79 Å². The van der Waals surface area contributed by atoms with Crippen molar-refractivity contribution in [2.75, 3.05) is 43.0 Å². The molecule has 10 nitrogen and oxygen atoms in total. The number of hydrogen-bond acceptors (Lipinski definition) is 7. The molecule has 0 bridgehead atoms. The zero-order chi connectivity index (χ0) is 24.0. The summed E-state index contributed by atoms with van der Waals surface area (Å²) in [5.74, 6) is 0.419. The molecule has 2 aromatic rings. The molecule has 34 heavy (non-hydrogen) atoms. The fourth-order valence-electron chi connectivity index (χ4n) is 4.17. The number of sulfonamides is 1. The van der Waals surface area contributed by atoms with Gasteiger partial charge in [0.05, 0.1) is 10.5 Å². The Morgan fingerprint density at radius 1 is 1.06 bits per heavy atom. The first-order chi connectivity index (χ1) is 16.4. The first-order valence-corrected chi connectivity index (χ1v) is 12.9. The van der Waals surface area contributed by atoms with Gasteiger partial charge in [-0.2, -0.15) is 4.31 Å². The highest BCUT2D eigenvalue weighted by atomic mass is 32.2. The molecule has 3 heterocycles. The third-order valence-electron chi connectivity index (χ3n) is 5.90. The minimum atomic E-state index is -3.57. The van der Waals surface area contributed by atoms with Gasteiger partial charge in [0.25, 0.3) is 5.91 Å². The number of nitrogens with zero attached hydrogens (tertiary/aromatic N) is 4. The molecule has 0 saturated carbocycles. The predicted octanol–water partition coefficient (Wildman–Crippen LogP) is 2.13.